The Morgan fingerprint density at radius 3 is 2.12 bits per heavy atom. The van der Waals surface area contributed by atoms with Gasteiger partial charge in [-0.3, -0.25) is 4.79 Å². The topological polar surface area (TPSA) is 32.7 Å². The fraction of sp³-hybridized carbons (Fsp3) is 0.200. The van der Waals surface area contributed by atoms with Crippen LogP contribution in [0.2, 0.25) is 0 Å². The first-order chi connectivity index (χ1) is 16.1. The second kappa shape index (κ2) is 9.21. The summed E-state index contributed by atoms with van der Waals surface area (Å²) in [5, 5.41) is 5.82. The maximum Gasteiger partial charge on any atom is 0.280 e. The molecule has 0 aliphatic carbocycles. The Morgan fingerprint density at radius 2 is 1.50 bits per heavy atom. The standard InChI is InChI=1S/C25H19F5N2OS/c1-12(2)11-34-18-9-8-14(15-6-4-5-7-16(15)18)10-17-13(3)31-32(25(17)33)24-22(29)20(27)19(26)21(28)23(24)30/h4-10,12H,11H2,1-3H3/b17-10+. The Hall–Kier alpha value is -3.20. The molecule has 0 N–H and O–H groups in total. The zero-order chi connectivity index (χ0) is 24.7. The number of hydrogen-bond acceptors (Lipinski definition) is 3. The van der Waals surface area contributed by atoms with Gasteiger partial charge in [-0.05, 0) is 41.3 Å². The summed E-state index contributed by atoms with van der Waals surface area (Å²) in [6.07, 6.45) is 1.51. The Bertz CT molecular complexity index is 1350. The first kappa shape index (κ1) is 23.9. The van der Waals surface area contributed by atoms with E-state index < -0.39 is 40.7 Å². The molecule has 176 valence electrons. The number of hydrazone groups is 1. The second-order valence-electron chi connectivity index (χ2n) is 8.18. The van der Waals surface area contributed by atoms with E-state index in [1.807, 2.05) is 36.4 Å². The molecule has 0 radical (unpaired) electrons. The van der Waals surface area contributed by atoms with Crippen molar-refractivity contribution in [3.8, 4) is 0 Å². The number of carbonyl (C=O) groups is 1. The fourth-order valence-electron chi connectivity index (χ4n) is 3.57. The molecule has 4 rings (SSSR count). The molecule has 9 heteroatoms. The van der Waals surface area contributed by atoms with E-state index in [0.29, 0.717) is 11.5 Å². The van der Waals surface area contributed by atoms with E-state index in [-0.39, 0.29) is 16.3 Å². The molecule has 1 aliphatic rings. The minimum absolute atomic E-state index is 0.0170. The van der Waals surface area contributed by atoms with E-state index in [0.717, 1.165) is 21.4 Å². The van der Waals surface area contributed by atoms with Crippen LogP contribution in [0.15, 0.2) is 52.0 Å². The lowest BCUT2D eigenvalue weighted by Crippen LogP contribution is -2.25. The molecule has 0 aromatic heterocycles. The first-order valence-electron chi connectivity index (χ1n) is 10.4. The van der Waals surface area contributed by atoms with Crippen molar-refractivity contribution in [1.82, 2.24) is 0 Å². The molecular formula is C25H19F5N2OS. The van der Waals surface area contributed by atoms with Crippen molar-refractivity contribution in [3.63, 3.8) is 0 Å². The average Bonchev–Trinajstić information content (AvgIpc) is 3.09. The highest BCUT2D eigenvalue weighted by atomic mass is 32.2. The van der Waals surface area contributed by atoms with Gasteiger partial charge in [0.05, 0.1) is 11.3 Å². The minimum atomic E-state index is -2.30. The summed E-state index contributed by atoms with van der Waals surface area (Å²) in [6, 6.07) is 11.3. The van der Waals surface area contributed by atoms with E-state index in [4.69, 9.17) is 0 Å². The molecule has 1 aliphatic heterocycles. The van der Waals surface area contributed by atoms with Gasteiger partial charge in [-0.2, -0.15) is 10.1 Å². The summed E-state index contributed by atoms with van der Waals surface area (Å²) in [5.41, 5.74) is -0.691. The van der Waals surface area contributed by atoms with Crippen LogP contribution in [0, 0.1) is 35.0 Å². The third-order valence-electron chi connectivity index (χ3n) is 5.25. The van der Waals surface area contributed by atoms with Crippen LogP contribution in [0.1, 0.15) is 26.3 Å². The maximum atomic E-state index is 14.3. The summed E-state index contributed by atoms with van der Waals surface area (Å²) < 4.78 is 69.4. The molecule has 0 bridgehead atoms. The summed E-state index contributed by atoms with van der Waals surface area (Å²) in [5.74, 6) is -10.4. The number of fused-ring (bicyclic) bond motifs is 1. The fourth-order valence-corrected chi connectivity index (χ4v) is 4.58. The smallest absolute Gasteiger partial charge is 0.267 e. The predicted octanol–water partition coefficient (Wildman–Crippen LogP) is 7.09. The van der Waals surface area contributed by atoms with Crippen LogP contribution in [0.5, 0.6) is 0 Å². The number of amides is 1. The zero-order valence-corrected chi connectivity index (χ0v) is 19.2. The van der Waals surface area contributed by atoms with Crippen LogP contribution in [-0.4, -0.2) is 17.4 Å². The van der Waals surface area contributed by atoms with Gasteiger partial charge in [-0.25, -0.2) is 22.0 Å². The van der Waals surface area contributed by atoms with Crippen LogP contribution in [0.4, 0.5) is 27.6 Å². The Morgan fingerprint density at radius 1 is 0.912 bits per heavy atom. The molecule has 1 heterocycles. The lowest BCUT2D eigenvalue weighted by Gasteiger charge is -2.15. The van der Waals surface area contributed by atoms with Gasteiger partial charge in [0.15, 0.2) is 23.3 Å². The van der Waals surface area contributed by atoms with E-state index in [2.05, 4.69) is 18.9 Å². The summed E-state index contributed by atoms with van der Waals surface area (Å²) in [6.45, 7) is 5.67. The van der Waals surface area contributed by atoms with E-state index in [1.165, 1.54) is 13.0 Å². The van der Waals surface area contributed by atoms with Crippen LogP contribution in [0.25, 0.3) is 16.8 Å². The summed E-state index contributed by atoms with van der Waals surface area (Å²) >= 11 is 1.71. The van der Waals surface area contributed by atoms with Crippen molar-refractivity contribution < 1.29 is 26.7 Å². The third kappa shape index (κ3) is 4.09. The maximum absolute atomic E-state index is 14.3. The summed E-state index contributed by atoms with van der Waals surface area (Å²) in [7, 11) is 0. The van der Waals surface area contributed by atoms with Gasteiger partial charge in [0, 0.05) is 10.6 Å². The molecule has 0 fully saturated rings. The lowest BCUT2D eigenvalue weighted by atomic mass is 10.0. The highest BCUT2D eigenvalue weighted by molar-refractivity contribution is 7.99. The van der Waals surface area contributed by atoms with Gasteiger partial charge >= 0.3 is 0 Å². The van der Waals surface area contributed by atoms with Crippen molar-refractivity contribution >= 4 is 45.9 Å². The van der Waals surface area contributed by atoms with Crippen molar-refractivity contribution in [3.05, 3.63) is 76.6 Å². The molecule has 34 heavy (non-hydrogen) atoms. The zero-order valence-electron chi connectivity index (χ0n) is 18.4. The van der Waals surface area contributed by atoms with Gasteiger partial charge in [-0.15, -0.1) is 11.8 Å². The largest absolute Gasteiger partial charge is 0.280 e. The Labute approximate surface area is 196 Å². The van der Waals surface area contributed by atoms with Crippen LogP contribution in [0.3, 0.4) is 0 Å². The van der Waals surface area contributed by atoms with E-state index >= 15 is 0 Å². The average molecular weight is 490 g/mol. The molecule has 3 aromatic carbocycles. The predicted molar refractivity (Wildman–Crippen MR) is 124 cm³/mol. The molecule has 0 saturated heterocycles. The van der Waals surface area contributed by atoms with Gasteiger partial charge < -0.3 is 0 Å². The third-order valence-corrected chi connectivity index (χ3v) is 6.75. The number of halogens is 5. The minimum Gasteiger partial charge on any atom is -0.267 e. The number of benzene rings is 3. The van der Waals surface area contributed by atoms with E-state index in [1.54, 1.807) is 11.8 Å². The van der Waals surface area contributed by atoms with Gasteiger partial charge in [0.2, 0.25) is 5.82 Å². The number of hydrogen-bond donors (Lipinski definition) is 0. The SMILES string of the molecule is CC1=NN(c2c(F)c(F)c(F)c(F)c2F)C(=O)/C1=C/c1ccc(SCC(C)C)c2ccccc12. The normalized spacial score (nSPS) is 15.2. The molecule has 0 saturated carbocycles. The van der Waals surface area contributed by atoms with Crippen molar-refractivity contribution in [2.45, 2.75) is 25.7 Å². The Kier molecular flexibility index (Phi) is 6.49. The van der Waals surface area contributed by atoms with Crippen LogP contribution < -0.4 is 5.01 Å². The molecule has 1 amide bonds. The number of anilines is 1. The molecule has 0 atom stereocenters. The highest BCUT2D eigenvalue weighted by Crippen LogP contribution is 2.36. The van der Waals surface area contributed by atoms with E-state index in [9.17, 15) is 26.7 Å². The number of rotatable bonds is 5. The quantitative estimate of drug-likeness (QED) is 0.126. The van der Waals surface area contributed by atoms with Crippen LogP contribution in [-0.2, 0) is 4.79 Å². The number of carbonyl (C=O) groups excluding carboxylic acids is 1. The van der Waals surface area contributed by atoms with Gasteiger partial charge in [0.25, 0.3) is 5.91 Å². The van der Waals surface area contributed by atoms with Crippen molar-refractivity contribution in [2.24, 2.45) is 11.0 Å². The molecule has 0 unspecified atom stereocenters. The Balaban J connectivity index is 1.78. The van der Waals surface area contributed by atoms with Crippen molar-refractivity contribution in [2.75, 3.05) is 10.8 Å². The highest BCUT2D eigenvalue weighted by Gasteiger charge is 2.37. The first-order valence-corrected chi connectivity index (χ1v) is 11.4. The molecular weight excluding hydrogens is 471 g/mol. The lowest BCUT2D eigenvalue weighted by molar-refractivity contribution is -0.114. The molecule has 0 spiro atoms. The summed E-state index contributed by atoms with van der Waals surface area (Å²) in [4.78, 5) is 14.0. The van der Waals surface area contributed by atoms with Crippen molar-refractivity contribution in [1.29, 1.82) is 0 Å². The molecule has 3 aromatic rings. The number of nitrogens with zero attached hydrogens (tertiary/aromatic N) is 2. The van der Waals surface area contributed by atoms with Crippen LogP contribution >= 0.6 is 11.8 Å². The monoisotopic (exact) mass is 490 g/mol. The van der Waals surface area contributed by atoms with Gasteiger partial charge in [-0.1, -0.05) is 44.2 Å². The number of thioether (sulfide) groups is 1. The van der Waals surface area contributed by atoms with Gasteiger partial charge in [0.1, 0.15) is 5.69 Å². The second-order valence-corrected chi connectivity index (χ2v) is 9.24. The molecule has 3 nitrogen and oxygen atoms in total.